The third kappa shape index (κ3) is 4.87. The highest BCUT2D eigenvalue weighted by molar-refractivity contribution is 5.97. The molecule has 8 heteroatoms. The summed E-state index contributed by atoms with van der Waals surface area (Å²) in [7, 11) is 0. The largest absolute Gasteiger partial charge is 0.449 e. The average molecular weight is 374 g/mol. The zero-order chi connectivity index (χ0) is 20.1. The van der Waals surface area contributed by atoms with Gasteiger partial charge < -0.3 is 10.1 Å². The second-order valence-corrected chi connectivity index (χ2v) is 6.06. The summed E-state index contributed by atoms with van der Waals surface area (Å²) in [5, 5.41) is 13.8. The molecule has 2 aromatic carbocycles. The predicted octanol–water partition coefficient (Wildman–Crippen LogP) is 3.47. The Hall–Kier alpha value is -3.29. The Bertz CT molecular complexity index is 867. The molecule has 2 unspecified atom stereocenters. The van der Waals surface area contributed by atoms with Crippen molar-refractivity contribution < 1.29 is 23.6 Å². The van der Waals surface area contributed by atoms with Crippen LogP contribution in [-0.4, -0.2) is 22.9 Å². The van der Waals surface area contributed by atoms with Gasteiger partial charge in [-0.15, -0.1) is 0 Å². The zero-order valence-electron chi connectivity index (χ0n) is 15.1. The molecule has 0 spiro atoms. The number of carbonyl (C=O) groups excluding carboxylic acids is 2. The summed E-state index contributed by atoms with van der Waals surface area (Å²) >= 11 is 0. The summed E-state index contributed by atoms with van der Waals surface area (Å²) in [6, 6.07) is 9.39. The Morgan fingerprint density at radius 3 is 2.37 bits per heavy atom. The molecule has 0 aromatic heterocycles. The van der Waals surface area contributed by atoms with Gasteiger partial charge in [0.2, 0.25) is 0 Å². The number of hydrogen-bond acceptors (Lipinski definition) is 5. The quantitative estimate of drug-likeness (QED) is 0.474. The molecule has 0 saturated heterocycles. The first-order valence-electron chi connectivity index (χ1n) is 8.21. The number of aryl methyl sites for hydroxylation is 1. The second kappa shape index (κ2) is 8.39. The van der Waals surface area contributed by atoms with Crippen molar-refractivity contribution in [2.75, 3.05) is 0 Å². The molecule has 7 nitrogen and oxygen atoms in total. The van der Waals surface area contributed by atoms with E-state index in [4.69, 9.17) is 4.74 Å². The van der Waals surface area contributed by atoms with E-state index < -0.39 is 28.9 Å². The lowest BCUT2D eigenvalue weighted by Gasteiger charge is -2.18. The molecule has 2 rings (SSSR count). The summed E-state index contributed by atoms with van der Waals surface area (Å²) < 4.78 is 18.1. The van der Waals surface area contributed by atoms with E-state index in [1.165, 1.54) is 43.3 Å². The van der Waals surface area contributed by atoms with Crippen molar-refractivity contribution in [2.45, 2.75) is 32.9 Å². The molecule has 2 aromatic rings. The number of esters is 1. The molecule has 142 valence electrons. The molecule has 0 radical (unpaired) electrons. The summed E-state index contributed by atoms with van der Waals surface area (Å²) in [5.74, 6) is -1.91. The number of carbonyl (C=O) groups is 2. The van der Waals surface area contributed by atoms with Gasteiger partial charge in [0.25, 0.3) is 11.6 Å². The minimum atomic E-state index is -1.17. The van der Waals surface area contributed by atoms with Crippen LogP contribution in [0.5, 0.6) is 0 Å². The lowest BCUT2D eigenvalue weighted by molar-refractivity contribution is -0.385. The van der Waals surface area contributed by atoms with Crippen LogP contribution >= 0.6 is 0 Å². The number of halogens is 1. The van der Waals surface area contributed by atoms with Gasteiger partial charge in [-0.05, 0) is 44.0 Å². The van der Waals surface area contributed by atoms with Crippen molar-refractivity contribution in [1.29, 1.82) is 0 Å². The van der Waals surface area contributed by atoms with Crippen LogP contribution in [0.4, 0.5) is 10.1 Å². The second-order valence-electron chi connectivity index (χ2n) is 6.06. The van der Waals surface area contributed by atoms with Crippen LogP contribution in [0.3, 0.4) is 0 Å². The molecule has 1 N–H and O–H groups in total. The molecular weight excluding hydrogens is 355 g/mol. The van der Waals surface area contributed by atoms with Crippen LogP contribution in [0, 0.1) is 22.9 Å². The van der Waals surface area contributed by atoms with Crippen LogP contribution < -0.4 is 5.32 Å². The summed E-state index contributed by atoms with van der Waals surface area (Å²) in [5.41, 5.74) is 0.486. The number of rotatable bonds is 6. The van der Waals surface area contributed by atoms with E-state index in [9.17, 15) is 24.1 Å². The van der Waals surface area contributed by atoms with Gasteiger partial charge in [-0.3, -0.25) is 14.9 Å². The first kappa shape index (κ1) is 20.0. The number of ether oxygens (including phenoxy) is 1. The first-order valence-corrected chi connectivity index (χ1v) is 8.21. The molecule has 2 atom stereocenters. The van der Waals surface area contributed by atoms with Crippen molar-refractivity contribution in [3.05, 3.63) is 75.1 Å². The minimum Gasteiger partial charge on any atom is -0.449 e. The highest BCUT2D eigenvalue weighted by Gasteiger charge is 2.27. The highest BCUT2D eigenvalue weighted by atomic mass is 19.1. The Balaban J connectivity index is 2.07. The van der Waals surface area contributed by atoms with Crippen LogP contribution in [0.15, 0.2) is 42.5 Å². The van der Waals surface area contributed by atoms with E-state index in [0.717, 1.165) is 0 Å². The normalized spacial score (nSPS) is 12.7. The van der Waals surface area contributed by atoms with E-state index in [2.05, 4.69) is 5.32 Å². The molecule has 0 heterocycles. The standard InChI is InChI=1S/C19H19FN2O5/c1-11-5-4-6-16(22(25)26)17(11)19(24)27-13(3)18(23)21-12(2)14-7-9-15(20)10-8-14/h4-10,12-13H,1-3H3,(H,21,23). The molecule has 0 aliphatic heterocycles. The van der Waals surface area contributed by atoms with Gasteiger partial charge in [0.1, 0.15) is 11.4 Å². The molecule has 0 bridgehead atoms. The molecule has 0 aliphatic carbocycles. The van der Waals surface area contributed by atoms with Gasteiger partial charge >= 0.3 is 5.97 Å². The SMILES string of the molecule is Cc1cccc([N+](=O)[O-])c1C(=O)OC(C)C(=O)NC(C)c1ccc(F)cc1. The third-order valence-corrected chi connectivity index (χ3v) is 4.03. The van der Waals surface area contributed by atoms with Crippen LogP contribution in [0.25, 0.3) is 0 Å². The zero-order valence-corrected chi connectivity index (χ0v) is 15.1. The van der Waals surface area contributed by atoms with E-state index in [-0.39, 0.29) is 17.1 Å². The minimum absolute atomic E-state index is 0.186. The van der Waals surface area contributed by atoms with Gasteiger partial charge in [-0.1, -0.05) is 24.3 Å². The number of amides is 1. The van der Waals surface area contributed by atoms with E-state index in [1.54, 1.807) is 19.9 Å². The fourth-order valence-electron chi connectivity index (χ4n) is 2.51. The number of nitro groups is 1. The number of nitrogens with zero attached hydrogens (tertiary/aromatic N) is 1. The van der Waals surface area contributed by atoms with Crippen molar-refractivity contribution >= 4 is 17.6 Å². The Kier molecular flexibility index (Phi) is 6.23. The summed E-state index contributed by atoms with van der Waals surface area (Å²) in [6.45, 7) is 4.62. The molecule has 0 aliphatic rings. The first-order chi connectivity index (χ1) is 12.7. The third-order valence-electron chi connectivity index (χ3n) is 4.03. The van der Waals surface area contributed by atoms with Crippen molar-refractivity contribution in [3.63, 3.8) is 0 Å². The molecular formula is C19H19FN2O5. The smallest absolute Gasteiger partial charge is 0.346 e. The van der Waals surface area contributed by atoms with Crippen molar-refractivity contribution in [2.24, 2.45) is 0 Å². The predicted molar refractivity (Wildman–Crippen MR) is 95.7 cm³/mol. The molecule has 1 amide bonds. The van der Waals surface area contributed by atoms with Crippen LogP contribution in [-0.2, 0) is 9.53 Å². The van der Waals surface area contributed by atoms with Gasteiger partial charge in [0.15, 0.2) is 6.10 Å². The molecule has 0 fully saturated rings. The Morgan fingerprint density at radius 2 is 1.78 bits per heavy atom. The van der Waals surface area contributed by atoms with Crippen LogP contribution in [0.2, 0.25) is 0 Å². The van der Waals surface area contributed by atoms with Crippen molar-refractivity contribution in [3.8, 4) is 0 Å². The highest BCUT2D eigenvalue weighted by Crippen LogP contribution is 2.23. The Labute approximate surface area is 155 Å². The fraction of sp³-hybridized carbons (Fsp3) is 0.263. The van der Waals surface area contributed by atoms with E-state index >= 15 is 0 Å². The van der Waals surface area contributed by atoms with Crippen LogP contribution in [0.1, 0.15) is 41.4 Å². The maximum absolute atomic E-state index is 13.0. The van der Waals surface area contributed by atoms with Gasteiger partial charge in [-0.2, -0.15) is 0 Å². The fourth-order valence-corrected chi connectivity index (χ4v) is 2.51. The Morgan fingerprint density at radius 1 is 1.15 bits per heavy atom. The monoisotopic (exact) mass is 374 g/mol. The summed E-state index contributed by atoms with van der Waals surface area (Å²) in [6.07, 6.45) is -1.17. The van der Waals surface area contributed by atoms with Gasteiger partial charge in [-0.25, -0.2) is 9.18 Å². The topological polar surface area (TPSA) is 98.5 Å². The summed E-state index contributed by atoms with van der Waals surface area (Å²) in [4.78, 5) is 35.1. The van der Waals surface area contributed by atoms with E-state index in [1.807, 2.05) is 0 Å². The van der Waals surface area contributed by atoms with Crippen molar-refractivity contribution in [1.82, 2.24) is 5.32 Å². The van der Waals surface area contributed by atoms with Gasteiger partial charge in [0.05, 0.1) is 11.0 Å². The molecule has 0 saturated carbocycles. The number of hydrogen-bond donors (Lipinski definition) is 1. The maximum atomic E-state index is 13.0. The lowest BCUT2D eigenvalue weighted by Crippen LogP contribution is -2.37. The maximum Gasteiger partial charge on any atom is 0.346 e. The number of nitrogens with one attached hydrogen (secondary N) is 1. The average Bonchev–Trinajstić information content (AvgIpc) is 2.61. The van der Waals surface area contributed by atoms with Gasteiger partial charge in [0, 0.05) is 6.07 Å². The number of nitro benzene ring substituents is 1. The molecule has 27 heavy (non-hydrogen) atoms. The lowest BCUT2D eigenvalue weighted by atomic mass is 10.1. The number of benzene rings is 2. The van der Waals surface area contributed by atoms with E-state index in [0.29, 0.717) is 11.1 Å².